The van der Waals surface area contributed by atoms with Gasteiger partial charge < -0.3 is 10.6 Å². The van der Waals surface area contributed by atoms with Crippen LogP contribution < -0.4 is 10.6 Å². The van der Waals surface area contributed by atoms with E-state index in [0.29, 0.717) is 16.3 Å². The van der Waals surface area contributed by atoms with E-state index in [1.165, 1.54) is 0 Å². The molecule has 0 fully saturated rings. The van der Waals surface area contributed by atoms with E-state index in [9.17, 15) is 4.79 Å². The maximum atomic E-state index is 12.0. The summed E-state index contributed by atoms with van der Waals surface area (Å²) in [6.07, 6.45) is 0. The van der Waals surface area contributed by atoms with Crippen molar-refractivity contribution in [2.24, 2.45) is 0 Å². The van der Waals surface area contributed by atoms with E-state index in [2.05, 4.69) is 10.6 Å². The molecule has 0 aliphatic rings. The summed E-state index contributed by atoms with van der Waals surface area (Å²) in [5, 5.41) is 15.2. The lowest BCUT2D eigenvalue weighted by Gasteiger charge is -2.10. The Morgan fingerprint density at radius 1 is 1.24 bits per heavy atom. The second-order valence-electron chi connectivity index (χ2n) is 4.52. The fraction of sp³-hybridized carbons (Fsp3) is 0.125. The van der Waals surface area contributed by atoms with Crippen molar-refractivity contribution >= 4 is 28.9 Å². The Bertz CT molecular complexity index is 707. The normalized spacial score (nSPS) is 9.76. The average molecular weight is 300 g/mol. The fourth-order valence-electron chi connectivity index (χ4n) is 1.86. The molecule has 2 aromatic rings. The van der Waals surface area contributed by atoms with Crippen LogP contribution in [0, 0.1) is 18.3 Å². The highest BCUT2D eigenvalue weighted by atomic mass is 35.5. The summed E-state index contributed by atoms with van der Waals surface area (Å²) in [6, 6.07) is 14.5. The quantitative estimate of drug-likeness (QED) is 0.907. The zero-order valence-electron chi connectivity index (χ0n) is 11.5. The molecule has 2 rings (SSSR count). The largest absolute Gasteiger partial charge is 0.376 e. The second-order valence-corrected chi connectivity index (χ2v) is 4.95. The van der Waals surface area contributed by atoms with Crippen LogP contribution in [-0.2, 0) is 4.79 Å². The minimum absolute atomic E-state index is 0.113. The summed E-state index contributed by atoms with van der Waals surface area (Å²) in [5.41, 5.74) is 2.76. The van der Waals surface area contributed by atoms with Gasteiger partial charge in [0.05, 0.1) is 17.8 Å². The molecule has 0 heterocycles. The van der Waals surface area contributed by atoms with Gasteiger partial charge >= 0.3 is 0 Å². The number of nitriles is 1. The molecule has 2 aromatic carbocycles. The molecule has 4 nitrogen and oxygen atoms in total. The molecule has 21 heavy (non-hydrogen) atoms. The lowest BCUT2D eigenvalue weighted by molar-refractivity contribution is -0.114. The standard InChI is InChI=1S/C16H14ClN3O/c1-11-4-2-3-5-14(11)19-10-16(21)20-15-8-13(17)7-6-12(15)9-18/h2-8,19H,10H2,1H3,(H,20,21). The second kappa shape index (κ2) is 6.78. The summed E-state index contributed by atoms with van der Waals surface area (Å²) in [7, 11) is 0. The van der Waals surface area contributed by atoms with Gasteiger partial charge in [0.15, 0.2) is 0 Å². The molecule has 2 N–H and O–H groups in total. The number of halogens is 1. The maximum Gasteiger partial charge on any atom is 0.243 e. The molecule has 0 aromatic heterocycles. The molecule has 106 valence electrons. The van der Waals surface area contributed by atoms with Gasteiger partial charge in [0.25, 0.3) is 0 Å². The predicted molar refractivity (Wildman–Crippen MR) is 84.5 cm³/mol. The molecule has 0 aliphatic heterocycles. The van der Waals surface area contributed by atoms with Gasteiger partial charge in [-0.25, -0.2) is 0 Å². The molecular formula is C16H14ClN3O. The van der Waals surface area contributed by atoms with E-state index in [4.69, 9.17) is 16.9 Å². The monoisotopic (exact) mass is 299 g/mol. The highest BCUT2D eigenvalue weighted by Gasteiger charge is 2.08. The number of nitrogens with zero attached hydrogens (tertiary/aromatic N) is 1. The third-order valence-electron chi connectivity index (χ3n) is 2.96. The van der Waals surface area contributed by atoms with Crippen LogP contribution in [0.5, 0.6) is 0 Å². The van der Waals surface area contributed by atoms with Crippen molar-refractivity contribution in [2.45, 2.75) is 6.92 Å². The number of anilines is 2. The number of hydrogen-bond donors (Lipinski definition) is 2. The van der Waals surface area contributed by atoms with Gasteiger partial charge in [-0.3, -0.25) is 4.79 Å². The first kappa shape index (κ1) is 14.9. The summed E-state index contributed by atoms with van der Waals surface area (Å²) in [4.78, 5) is 12.0. The Hall–Kier alpha value is -2.51. The van der Waals surface area contributed by atoms with Gasteiger partial charge in [0, 0.05) is 10.7 Å². The van der Waals surface area contributed by atoms with E-state index >= 15 is 0 Å². The van der Waals surface area contributed by atoms with Crippen LogP contribution in [0.4, 0.5) is 11.4 Å². The van der Waals surface area contributed by atoms with Crippen molar-refractivity contribution in [2.75, 3.05) is 17.2 Å². The van der Waals surface area contributed by atoms with E-state index in [1.54, 1.807) is 18.2 Å². The van der Waals surface area contributed by atoms with Crippen molar-refractivity contribution in [1.82, 2.24) is 0 Å². The molecular weight excluding hydrogens is 286 g/mol. The summed E-state index contributed by atoms with van der Waals surface area (Å²) < 4.78 is 0. The van der Waals surface area contributed by atoms with Crippen LogP contribution >= 0.6 is 11.6 Å². The zero-order chi connectivity index (χ0) is 15.2. The number of carbonyl (C=O) groups excluding carboxylic acids is 1. The predicted octanol–water partition coefficient (Wildman–Crippen LogP) is 3.57. The highest BCUT2D eigenvalue weighted by molar-refractivity contribution is 6.31. The summed E-state index contributed by atoms with van der Waals surface area (Å²) in [5.74, 6) is -0.239. The molecule has 0 radical (unpaired) electrons. The van der Waals surface area contributed by atoms with Crippen LogP contribution in [0.3, 0.4) is 0 Å². The van der Waals surface area contributed by atoms with E-state index < -0.39 is 0 Å². The topological polar surface area (TPSA) is 64.9 Å². The Kier molecular flexibility index (Phi) is 4.81. The molecule has 1 amide bonds. The molecule has 0 atom stereocenters. The Balaban J connectivity index is 2.01. The smallest absolute Gasteiger partial charge is 0.243 e. The number of nitrogens with one attached hydrogen (secondary N) is 2. The van der Waals surface area contributed by atoms with Crippen LogP contribution in [0.15, 0.2) is 42.5 Å². The van der Waals surface area contributed by atoms with Gasteiger partial charge in [0.1, 0.15) is 6.07 Å². The number of benzene rings is 2. The molecule has 0 bridgehead atoms. The van der Waals surface area contributed by atoms with Gasteiger partial charge in [-0.2, -0.15) is 5.26 Å². The van der Waals surface area contributed by atoms with Gasteiger partial charge in [0.2, 0.25) is 5.91 Å². The van der Waals surface area contributed by atoms with Crippen LogP contribution in [0.2, 0.25) is 5.02 Å². The van der Waals surface area contributed by atoms with Crippen molar-refractivity contribution < 1.29 is 4.79 Å². The minimum Gasteiger partial charge on any atom is -0.376 e. The van der Waals surface area contributed by atoms with E-state index in [0.717, 1.165) is 11.3 Å². The molecule has 5 heteroatoms. The first-order valence-corrected chi connectivity index (χ1v) is 6.77. The van der Waals surface area contributed by atoms with Crippen molar-refractivity contribution in [3.8, 4) is 6.07 Å². The number of aryl methyl sites for hydroxylation is 1. The lowest BCUT2D eigenvalue weighted by Crippen LogP contribution is -2.22. The molecule has 0 spiro atoms. The number of carbonyl (C=O) groups is 1. The average Bonchev–Trinajstić information content (AvgIpc) is 2.47. The van der Waals surface area contributed by atoms with Crippen LogP contribution in [0.25, 0.3) is 0 Å². The molecule has 0 saturated heterocycles. The lowest BCUT2D eigenvalue weighted by atomic mass is 10.2. The van der Waals surface area contributed by atoms with Crippen LogP contribution in [-0.4, -0.2) is 12.5 Å². The fourth-order valence-corrected chi connectivity index (χ4v) is 2.03. The van der Waals surface area contributed by atoms with E-state index in [-0.39, 0.29) is 12.5 Å². The van der Waals surface area contributed by atoms with Gasteiger partial charge in [-0.15, -0.1) is 0 Å². The highest BCUT2D eigenvalue weighted by Crippen LogP contribution is 2.20. The third-order valence-corrected chi connectivity index (χ3v) is 3.20. The molecule has 0 saturated carbocycles. The Morgan fingerprint density at radius 2 is 2.00 bits per heavy atom. The van der Waals surface area contributed by atoms with Crippen molar-refractivity contribution in [3.63, 3.8) is 0 Å². The van der Waals surface area contributed by atoms with Crippen molar-refractivity contribution in [1.29, 1.82) is 5.26 Å². The first-order chi connectivity index (χ1) is 10.1. The van der Waals surface area contributed by atoms with E-state index in [1.807, 2.05) is 37.3 Å². The van der Waals surface area contributed by atoms with Crippen molar-refractivity contribution in [3.05, 3.63) is 58.6 Å². The SMILES string of the molecule is Cc1ccccc1NCC(=O)Nc1cc(Cl)ccc1C#N. The maximum absolute atomic E-state index is 12.0. The number of rotatable bonds is 4. The summed E-state index contributed by atoms with van der Waals surface area (Å²) in [6.45, 7) is 2.08. The Labute approximate surface area is 128 Å². The zero-order valence-corrected chi connectivity index (χ0v) is 12.2. The van der Waals surface area contributed by atoms with Gasteiger partial charge in [-0.1, -0.05) is 29.8 Å². The number of hydrogen-bond acceptors (Lipinski definition) is 3. The molecule has 0 unspecified atom stereocenters. The third kappa shape index (κ3) is 3.98. The first-order valence-electron chi connectivity index (χ1n) is 6.39. The summed E-state index contributed by atoms with van der Waals surface area (Å²) >= 11 is 5.87. The van der Waals surface area contributed by atoms with Crippen LogP contribution in [0.1, 0.15) is 11.1 Å². The van der Waals surface area contributed by atoms with Gasteiger partial charge in [-0.05, 0) is 36.8 Å². The molecule has 0 aliphatic carbocycles. The Morgan fingerprint density at radius 3 is 2.71 bits per heavy atom. The number of amides is 1. The number of para-hydroxylation sites is 1. The minimum atomic E-state index is -0.239.